The van der Waals surface area contributed by atoms with Crippen LogP contribution in [0, 0.1) is 5.41 Å². The second-order valence-corrected chi connectivity index (χ2v) is 4.86. The number of aromatic nitrogens is 3. The number of carbonyl (C=O) groups is 2. The first-order chi connectivity index (χ1) is 9.44. The number of hydrogen-bond acceptors (Lipinski definition) is 5. The largest absolute Gasteiger partial charge is 0.305 e. The number of rotatable bonds is 4. The van der Waals surface area contributed by atoms with Crippen LogP contribution in [0.2, 0.25) is 0 Å². The molecule has 20 heavy (non-hydrogen) atoms. The predicted octanol–water partition coefficient (Wildman–Crippen LogP) is 1.24. The fourth-order valence-corrected chi connectivity index (χ4v) is 1.58. The molecule has 2 aromatic rings. The van der Waals surface area contributed by atoms with Gasteiger partial charge in [0.1, 0.15) is 17.7 Å². The van der Waals surface area contributed by atoms with Gasteiger partial charge in [-0.2, -0.15) is 0 Å². The minimum atomic E-state index is -1.22. The van der Waals surface area contributed by atoms with Gasteiger partial charge in [-0.1, -0.05) is 6.07 Å². The molecule has 6 nitrogen and oxygen atoms in total. The van der Waals surface area contributed by atoms with E-state index in [1.807, 2.05) is 0 Å². The molecule has 0 saturated heterocycles. The number of ketones is 1. The topological polar surface area (TPSA) is 92.8 Å². The second-order valence-electron chi connectivity index (χ2n) is 4.86. The lowest BCUT2D eigenvalue weighted by atomic mass is 9.88. The predicted molar refractivity (Wildman–Crippen MR) is 72.3 cm³/mol. The molecular formula is C14H13N3O3. The van der Waals surface area contributed by atoms with Crippen LogP contribution in [-0.4, -0.2) is 27.0 Å². The third kappa shape index (κ3) is 2.69. The molecule has 102 valence electrons. The molecule has 2 heterocycles. The number of aldehydes is 1. The van der Waals surface area contributed by atoms with Gasteiger partial charge in [0.05, 0.1) is 5.41 Å². The Morgan fingerprint density at radius 2 is 2.10 bits per heavy atom. The second kappa shape index (κ2) is 5.16. The summed E-state index contributed by atoms with van der Waals surface area (Å²) in [5.41, 5.74) is -1.29. The highest BCUT2D eigenvalue weighted by Crippen LogP contribution is 2.18. The summed E-state index contributed by atoms with van der Waals surface area (Å²) < 4.78 is 0. The first kappa shape index (κ1) is 13.8. The molecule has 0 aliphatic carbocycles. The van der Waals surface area contributed by atoms with Crippen molar-refractivity contribution in [3.63, 3.8) is 0 Å². The minimum Gasteiger partial charge on any atom is -0.305 e. The number of nitrogens with zero attached hydrogens (tertiary/aromatic N) is 2. The lowest BCUT2D eigenvalue weighted by Crippen LogP contribution is -2.28. The Hall–Kier alpha value is -2.63. The van der Waals surface area contributed by atoms with Gasteiger partial charge >= 0.3 is 0 Å². The van der Waals surface area contributed by atoms with Crippen LogP contribution in [-0.2, 0) is 4.79 Å². The van der Waals surface area contributed by atoms with Gasteiger partial charge in [0, 0.05) is 12.3 Å². The molecule has 0 fully saturated rings. The van der Waals surface area contributed by atoms with E-state index in [4.69, 9.17) is 0 Å². The Kier molecular flexibility index (Phi) is 3.56. The van der Waals surface area contributed by atoms with Crippen molar-refractivity contribution in [1.82, 2.24) is 15.0 Å². The van der Waals surface area contributed by atoms with Gasteiger partial charge < -0.3 is 9.78 Å². The lowest BCUT2D eigenvalue weighted by Gasteiger charge is -2.14. The maximum absolute atomic E-state index is 12.2. The molecule has 0 saturated carbocycles. The number of H-pyrrole nitrogens is 1. The smallest absolute Gasteiger partial charge is 0.251 e. The molecule has 6 heteroatoms. The summed E-state index contributed by atoms with van der Waals surface area (Å²) in [5, 5.41) is 0. The van der Waals surface area contributed by atoms with E-state index in [0.29, 0.717) is 12.0 Å². The van der Waals surface area contributed by atoms with Crippen LogP contribution >= 0.6 is 0 Å². The van der Waals surface area contributed by atoms with Gasteiger partial charge in [-0.05, 0) is 26.0 Å². The summed E-state index contributed by atoms with van der Waals surface area (Å²) in [6.45, 7) is 2.96. The van der Waals surface area contributed by atoms with E-state index in [1.165, 1.54) is 13.8 Å². The Bertz CT molecular complexity index is 705. The van der Waals surface area contributed by atoms with Crippen LogP contribution in [0.25, 0.3) is 11.5 Å². The van der Waals surface area contributed by atoms with Crippen molar-refractivity contribution in [1.29, 1.82) is 0 Å². The first-order valence-corrected chi connectivity index (χ1v) is 5.98. The molecule has 0 aliphatic rings. The highest BCUT2D eigenvalue weighted by Gasteiger charge is 2.29. The van der Waals surface area contributed by atoms with Crippen LogP contribution in [0.4, 0.5) is 0 Å². The van der Waals surface area contributed by atoms with E-state index in [9.17, 15) is 14.4 Å². The number of aromatic amines is 1. The molecule has 0 spiro atoms. The van der Waals surface area contributed by atoms with Crippen molar-refractivity contribution in [2.75, 3.05) is 0 Å². The van der Waals surface area contributed by atoms with Crippen molar-refractivity contribution in [3.8, 4) is 11.5 Å². The van der Waals surface area contributed by atoms with E-state index in [1.54, 1.807) is 24.4 Å². The summed E-state index contributed by atoms with van der Waals surface area (Å²) in [5.74, 6) is -0.307. The summed E-state index contributed by atoms with van der Waals surface area (Å²) in [7, 11) is 0. The molecule has 0 unspecified atom stereocenters. The van der Waals surface area contributed by atoms with Crippen molar-refractivity contribution in [2.45, 2.75) is 13.8 Å². The zero-order valence-electron chi connectivity index (χ0n) is 11.1. The fraction of sp³-hybridized carbons (Fsp3) is 0.214. The highest BCUT2D eigenvalue weighted by atomic mass is 16.1. The zero-order valence-corrected chi connectivity index (χ0v) is 11.1. The minimum absolute atomic E-state index is 0.0495. The van der Waals surface area contributed by atoms with Crippen LogP contribution < -0.4 is 5.56 Å². The Morgan fingerprint density at radius 1 is 1.35 bits per heavy atom. The van der Waals surface area contributed by atoms with Gasteiger partial charge in [-0.15, -0.1) is 0 Å². The third-order valence-electron chi connectivity index (χ3n) is 2.76. The van der Waals surface area contributed by atoms with E-state index >= 15 is 0 Å². The normalized spacial score (nSPS) is 11.1. The molecule has 1 N–H and O–H groups in total. The van der Waals surface area contributed by atoms with Crippen LogP contribution in [0.1, 0.15) is 24.3 Å². The van der Waals surface area contributed by atoms with E-state index < -0.39 is 16.8 Å². The van der Waals surface area contributed by atoms with E-state index in [-0.39, 0.29) is 11.5 Å². The van der Waals surface area contributed by atoms with E-state index in [2.05, 4.69) is 15.0 Å². The molecule has 2 aromatic heterocycles. The van der Waals surface area contributed by atoms with E-state index in [0.717, 1.165) is 6.07 Å². The highest BCUT2D eigenvalue weighted by molar-refractivity contribution is 6.07. The summed E-state index contributed by atoms with van der Waals surface area (Å²) in [4.78, 5) is 45.4. The number of Topliss-reactive ketones (excluding diaryl/α,β-unsaturated/α-hetero) is 1. The molecule has 0 aromatic carbocycles. The van der Waals surface area contributed by atoms with Crippen molar-refractivity contribution in [2.24, 2.45) is 5.41 Å². The number of nitrogens with one attached hydrogen (secondary N) is 1. The molecular weight excluding hydrogens is 258 g/mol. The quantitative estimate of drug-likeness (QED) is 0.513. The lowest BCUT2D eigenvalue weighted by molar-refractivity contribution is -0.112. The maximum atomic E-state index is 12.2. The van der Waals surface area contributed by atoms with Crippen LogP contribution in [0.5, 0.6) is 0 Å². The molecule has 0 bridgehead atoms. The average molecular weight is 271 g/mol. The van der Waals surface area contributed by atoms with Crippen molar-refractivity contribution in [3.05, 3.63) is 46.5 Å². The molecule has 0 amide bonds. The monoisotopic (exact) mass is 271 g/mol. The third-order valence-corrected chi connectivity index (χ3v) is 2.76. The standard InChI is InChI=1S/C14H13N3O3/c1-14(2,8-18)12(20)10-7-11(19)17-13(16-10)9-5-3-4-6-15-9/h3-8H,1-2H3,(H,16,17,19). The molecule has 2 rings (SSSR count). The van der Waals surface area contributed by atoms with Gasteiger partial charge in [0.2, 0.25) is 0 Å². The molecule has 0 radical (unpaired) electrons. The van der Waals surface area contributed by atoms with Crippen molar-refractivity contribution < 1.29 is 9.59 Å². The van der Waals surface area contributed by atoms with Gasteiger partial charge in [0.25, 0.3) is 5.56 Å². The van der Waals surface area contributed by atoms with Gasteiger partial charge in [-0.25, -0.2) is 4.98 Å². The zero-order chi connectivity index (χ0) is 14.8. The molecule has 0 aliphatic heterocycles. The summed E-state index contributed by atoms with van der Waals surface area (Å²) >= 11 is 0. The summed E-state index contributed by atoms with van der Waals surface area (Å²) in [6.07, 6.45) is 2.10. The SMILES string of the molecule is CC(C)(C=O)C(=O)c1cc(=O)[nH]c(-c2ccccn2)n1. The molecule has 0 atom stereocenters. The maximum Gasteiger partial charge on any atom is 0.251 e. The Morgan fingerprint density at radius 3 is 2.70 bits per heavy atom. The number of carbonyl (C=O) groups excluding carboxylic acids is 2. The van der Waals surface area contributed by atoms with Crippen molar-refractivity contribution >= 4 is 12.1 Å². The summed E-state index contributed by atoms with van der Waals surface area (Å²) in [6, 6.07) is 6.22. The van der Waals surface area contributed by atoms with Gasteiger partial charge in [-0.3, -0.25) is 14.6 Å². The average Bonchev–Trinajstić information content (AvgIpc) is 2.46. The van der Waals surface area contributed by atoms with Gasteiger partial charge in [0.15, 0.2) is 11.6 Å². The first-order valence-electron chi connectivity index (χ1n) is 5.98. The Labute approximate surface area is 114 Å². The fourth-order valence-electron chi connectivity index (χ4n) is 1.58. The van der Waals surface area contributed by atoms with Crippen LogP contribution in [0.15, 0.2) is 35.3 Å². The number of hydrogen-bond donors (Lipinski definition) is 1. The van der Waals surface area contributed by atoms with Crippen LogP contribution in [0.3, 0.4) is 0 Å². The number of pyridine rings is 1. The Balaban J connectivity index is 2.53.